The number of aromatic nitrogens is 2. The predicted molar refractivity (Wildman–Crippen MR) is 54.3 cm³/mol. The highest BCUT2D eigenvalue weighted by molar-refractivity contribution is 5.93. The lowest BCUT2D eigenvalue weighted by molar-refractivity contribution is 0.0610. The van der Waals surface area contributed by atoms with Gasteiger partial charge in [0.05, 0.1) is 18.2 Å². The summed E-state index contributed by atoms with van der Waals surface area (Å²) >= 11 is 0. The molecule has 0 bridgehead atoms. The smallest absolute Gasteiger partial charge is 0.154 e. The molecule has 0 radical (unpaired) electrons. The Morgan fingerprint density at radius 2 is 2.27 bits per heavy atom. The second-order valence-corrected chi connectivity index (χ2v) is 3.01. The average molecular weight is 209 g/mol. The van der Waals surface area contributed by atoms with E-state index < -0.39 is 0 Å². The van der Waals surface area contributed by atoms with Crippen molar-refractivity contribution in [3.8, 4) is 5.75 Å². The number of fused-ring (bicyclic) bond motifs is 1. The van der Waals surface area contributed by atoms with Gasteiger partial charge in [0, 0.05) is 5.69 Å². The van der Waals surface area contributed by atoms with Crippen LogP contribution in [0, 0.1) is 0 Å². The molecule has 2 aromatic rings. The Morgan fingerprint density at radius 1 is 1.47 bits per heavy atom. The van der Waals surface area contributed by atoms with E-state index in [9.17, 15) is 5.11 Å². The standard InChI is InChI=1S/C9H11N3O3/c10-7-1-2-8(14)9-6(7)5-11-12(9)15-4-3-13/h1-2,5,13-14H,3-4,10H2. The van der Waals surface area contributed by atoms with Gasteiger partial charge in [-0.15, -0.1) is 5.10 Å². The minimum Gasteiger partial charge on any atom is -0.506 e. The van der Waals surface area contributed by atoms with Crippen LogP contribution in [0.3, 0.4) is 0 Å². The second-order valence-electron chi connectivity index (χ2n) is 3.01. The van der Waals surface area contributed by atoms with Crippen LogP contribution < -0.4 is 10.6 Å². The molecule has 0 saturated heterocycles. The monoisotopic (exact) mass is 209 g/mol. The van der Waals surface area contributed by atoms with Gasteiger partial charge in [0.1, 0.15) is 12.4 Å². The van der Waals surface area contributed by atoms with Gasteiger partial charge in [-0.1, -0.05) is 4.85 Å². The van der Waals surface area contributed by atoms with Gasteiger partial charge in [-0.25, -0.2) is 0 Å². The Kier molecular flexibility index (Phi) is 2.34. The van der Waals surface area contributed by atoms with Crippen LogP contribution in [0.5, 0.6) is 5.75 Å². The SMILES string of the molecule is Nc1ccc(O)c2c1cnn2OCCO. The molecule has 2 rings (SSSR count). The maximum atomic E-state index is 9.61. The zero-order valence-corrected chi connectivity index (χ0v) is 7.92. The Balaban J connectivity index is 2.53. The van der Waals surface area contributed by atoms with Crippen molar-refractivity contribution in [1.29, 1.82) is 0 Å². The van der Waals surface area contributed by atoms with E-state index in [1.165, 1.54) is 12.3 Å². The molecule has 15 heavy (non-hydrogen) atoms. The Hall–Kier alpha value is -1.95. The maximum Gasteiger partial charge on any atom is 0.154 e. The quantitative estimate of drug-likeness (QED) is 0.478. The van der Waals surface area contributed by atoms with Crippen molar-refractivity contribution in [2.75, 3.05) is 18.9 Å². The molecule has 0 amide bonds. The molecular weight excluding hydrogens is 198 g/mol. The first kappa shape index (κ1) is 9.60. The highest BCUT2D eigenvalue weighted by Gasteiger charge is 2.10. The minimum absolute atomic E-state index is 0.0367. The predicted octanol–water partition coefficient (Wildman–Crippen LogP) is -0.255. The second kappa shape index (κ2) is 3.66. The summed E-state index contributed by atoms with van der Waals surface area (Å²) in [7, 11) is 0. The summed E-state index contributed by atoms with van der Waals surface area (Å²) in [6.07, 6.45) is 1.50. The summed E-state index contributed by atoms with van der Waals surface area (Å²) in [5.41, 5.74) is 6.62. The van der Waals surface area contributed by atoms with E-state index in [4.69, 9.17) is 15.7 Å². The number of phenolic OH excluding ortho intramolecular Hbond substituents is 1. The number of aliphatic hydroxyl groups excluding tert-OH is 1. The summed E-state index contributed by atoms with van der Waals surface area (Å²) in [5.74, 6) is 0.0367. The number of hydrogen-bond donors (Lipinski definition) is 3. The van der Waals surface area contributed by atoms with E-state index in [1.54, 1.807) is 6.07 Å². The van der Waals surface area contributed by atoms with Gasteiger partial charge in [-0.05, 0) is 12.1 Å². The maximum absolute atomic E-state index is 9.61. The third-order valence-corrected chi connectivity index (χ3v) is 2.02. The number of nitrogens with zero attached hydrogens (tertiary/aromatic N) is 2. The highest BCUT2D eigenvalue weighted by Crippen LogP contribution is 2.28. The first-order chi connectivity index (χ1) is 7.24. The lowest BCUT2D eigenvalue weighted by atomic mass is 10.2. The van der Waals surface area contributed by atoms with Crippen LogP contribution in [0.4, 0.5) is 5.69 Å². The van der Waals surface area contributed by atoms with Gasteiger partial charge >= 0.3 is 0 Å². The zero-order chi connectivity index (χ0) is 10.8. The van der Waals surface area contributed by atoms with Crippen molar-refractivity contribution in [3.63, 3.8) is 0 Å². The molecule has 0 unspecified atom stereocenters. The van der Waals surface area contributed by atoms with Crippen molar-refractivity contribution < 1.29 is 15.1 Å². The molecule has 0 spiro atoms. The molecule has 0 fully saturated rings. The van der Waals surface area contributed by atoms with Crippen LogP contribution in [0.2, 0.25) is 0 Å². The molecule has 1 aromatic carbocycles. The number of nitrogen functional groups attached to an aromatic ring is 1. The first-order valence-electron chi connectivity index (χ1n) is 4.43. The summed E-state index contributed by atoms with van der Waals surface area (Å²) in [5, 5.41) is 22.7. The van der Waals surface area contributed by atoms with Gasteiger partial charge in [-0.2, -0.15) is 0 Å². The van der Waals surface area contributed by atoms with Gasteiger partial charge in [0.25, 0.3) is 0 Å². The summed E-state index contributed by atoms with van der Waals surface area (Å²) < 4.78 is 0. The number of hydrogen-bond acceptors (Lipinski definition) is 5. The Morgan fingerprint density at radius 3 is 3.00 bits per heavy atom. The molecule has 4 N–H and O–H groups in total. The number of anilines is 1. The largest absolute Gasteiger partial charge is 0.506 e. The molecule has 1 heterocycles. The normalized spacial score (nSPS) is 10.7. The van der Waals surface area contributed by atoms with Gasteiger partial charge in [0.15, 0.2) is 5.52 Å². The van der Waals surface area contributed by atoms with Crippen molar-refractivity contribution in [3.05, 3.63) is 18.3 Å². The van der Waals surface area contributed by atoms with Crippen molar-refractivity contribution >= 4 is 16.6 Å². The van der Waals surface area contributed by atoms with E-state index in [0.29, 0.717) is 16.6 Å². The molecule has 6 nitrogen and oxygen atoms in total. The first-order valence-corrected chi connectivity index (χ1v) is 4.43. The summed E-state index contributed by atoms with van der Waals surface area (Å²) in [6.45, 7) is -0.0184. The lowest BCUT2D eigenvalue weighted by Crippen LogP contribution is -2.16. The van der Waals surface area contributed by atoms with E-state index in [1.807, 2.05) is 0 Å². The molecule has 1 aromatic heterocycles. The molecule has 80 valence electrons. The van der Waals surface area contributed by atoms with Crippen LogP contribution in [0.15, 0.2) is 18.3 Å². The van der Waals surface area contributed by atoms with Gasteiger partial charge < -0.3 is 20.8 Å². The van der Waals surface area contributed by atoms with E-state index in [0.717, 1.165) is 4.85 Å². The average Bonchev–Trinajstić information content (AvgIpc) is 2.65. The van der Waals surface area contributed by atoms with Crippen LogP contribution in [0.1, 0.15) is 0 Å². The molecule has 0 aliphatic carbocycles. The van der Waals surface area contributed by atoms with Gasteiger partial charge in [0.2, 0.25) is 0 Å². The zero-order valence-electron chi connectivity index (χ0n) is 7.92. The third-order valence-electron chi connectivity index (χ3n) is 2.02. The number of benzene rings is 1. The number of phenols is 1. The van der Waals surface area contributed by atoms with E-state index in [2.05, 4.69) is 5.10 Å². The summed E-state index contributed by atoms with van der Waals surface area (Å²) in [6, 6.07) is 3.06. The molecule has 0 aliphatic rings. The topological polar surface area (TPSA) is 93.5 Å². The molecule has 0 atom stereocenters. The number of rotatable bonds is 3. The number of aromatic hydroxyl groups is 1. The fraction of sp³-hybridized carbons (Fsp3) is 0.222. The summed E-state index contributed by atoms with van der Waals surface area (Å²) in [4.78, 5) is 6.23. The van der Waals surface area contributed by atoms with Crippen molar-refractivity contribution in [2.24, 2.45) is 0 Å². The Bertz CT molecular complexity index is 481. The fourth-order valence-corrected chi connectivity index (χ4v) is 1.34. The van der Waals surface area contributed by atoms with Crippen molar-refractivity contribution in [1.82, 2.24) is 9.94 Å². The molecule has 6 heteroatoms. The van der Waals surface area contributed by atoms with Crippen molar-refractivity contribution in [2.45, 2.75) is 0 Å². The minimum atomic E-state index is -0.121. The van der Waals surface area contributed by atoms with Crippen LogP contribution in [0.25, 0.3) is 10.9 Å². The molecule has 0 saturated carbocycles. The van der Waals surface area contributed by atoms with Crippen LogP contribution >= 0.6 is 0 Å². The molecule has 0 aliphatic heterocycles. The van der Waals surface area contributed by atoms with Gasteiger partial charge in [-0.3, -0.25) is 0 Å². The fourth-order valence-electron chi connectivity index (χ4n) is 1.34. The van der Waals surface area contributed by atoms with Crippen LogP contribution in [-0.2, 0) is 0 Å². The third kappa shape index (κ3) is 1.55. The number of aliphatic hydroxyl groups is 1. The highest BCUT2D eigenvalue weighted by atomic mass is 16.7. The van der Waals surface area contributed by atoms with Crippen LogP contribution in [-0.4, -0.2) is 33.4 Å². The number of nitrogens with two attached hydrogens (primary N) is 1. The Labute approximate surface area is 85.4 Å². The molecular formula is C9H11N3O3. The van der Waals surface area contributed by atoms with E-state index in [-0.39, 0.29) is 19.0 Å². The lowest BCUT2D eigenvalue weighted by Gasteiger charge is -2.05. The van der Waals surface area contributed by atoms with E-state index >= 15 is 0 Å².